The maximum atomic E-state index is 8.85. The zero-order chi connectivity index (χ0) is 9.26. The van der Waals surface area contributed by atoms with Crippen LogP contribution in [-0.4, -0.2) is 4.98 Å². The fraction of sp³-hybridized carbons (Fsp3) is 0.0909. The molecule has 0 N–H and O–H groups in total. The maximum absolute atomic E-state index is 8.85. The van der Waals surface area contributed by atoms with E-state index in [9.17, 15) is 0 Å². The standard InChI is InChI=1S/C11H8N2/c1-8-6-13-7-11-9(5-12)3-2-4-10(8)11/h2-4,6-7H,1H3. The average molecular weight is 168 g/mol. The molecule has 0 spiro atoms. The average Bonchev–Trinajstić information content (AvgIpc) is 2.18. The zero-order valence-electron chi connectivity index (χ0n) is 7.28. The molecule has 0 aliphatic carbocycles. The van der Waals surface area contributed by atoms with Crippen LogP contribution in [0.3, 0.4) is 0 Å². The van der Waals surface area contributed by atoms with Gasteiger partial charge in [0, 0.05) is 17.8 Å². The number of nitriles is 1. The van der Waals surface area contributed by atoms with Gasteiger partial charge < -0.3 is 0 Å². The summed E-state index contributed by atoms with van der Waals surface area (Å²) in [6, 6.07) is 7.87. The molecule has 0 atom stereocenters. The van der Waals surface area contributed by atoms with Gasteiger partial charge in [-0.25, -0.2) is 0 Å². The smallest absolute Gasteiger partial charge is 0.0998 e. The zero-order valence-corrected chi connectivity index (χ0v) is 7.28. The van der Waals surface area contributed by atoms with Crippen LogP contribution in [0.2, 0.25) is 0 Å². The van der Waals surface area contributed by atoms with Gasteiger partial charge in [0.1, 0.15) is 0 Å². The van der Waals surface area contributed by atoms with Gasteiger partial charge in [0.2, 0.25) is 0 Å². The minimum absolute atomic E-state index is 0.689. The van der Waals surface area contributed by atoms with E-state index < -0.39 is 0 Å². The Kier molecular flexibility index (Phi) is 1.71. The molecule has 0 saturated carbocycles. The number of hydrogen-bond acceptors (Lipinski definition) is 2. The van der Waals surface area contributed by atoms with Crippen molar-refractivity contribution in [2.45, 2.75) is 6.92 Å². The molecular formula is C11H8N2. The molecule has 0 amide bonds. The van der Waals surface area contributed by atoms with E-state index in [4.69, 9.17) is 5.26 Å². The van der Waals surface area contributed by atoms with Gasteiger partial charge in [-0.2, -0.15) is 5.26 Å². The van der Waals surface area contributed by atoms with Crippen molar-refractivity contribution in [3.63, 3.8) is 0 Å². The topological polar surface area (TPSA) is 36.7 Å². The molecule has 2 nitrogen and oxygen atoms in total. The van der Waals surface area contributed by atoms with Crippen molar-refractivity contribution in [2.75, 3.05) is 0 Å². The molecule has 1 heterocycles. The van der Waals surface area contributed by atoms with Crippen LogP contribution in [0.15, 0.2) is 30.6 Å². The Morgan fingerprint density at radius 1 is 1.23 bits per heavy atom. The van der Waals surface area contributed by atoms with Crippen molar-refractivity contribution < 1.29 is 0 Å². The Balaban J connectivity index is 2.94. The van der Waals surface area contributed by atoms with Gasteiger partial charge in [0.25, 0.3) is 0 Å². The predicted molar refractivity (Wildman–Crippen MR) is 51.2 cm³/mol. The van der Waals surface area contributed by atoms with Gasteiger partial charge in [0.15, 0.2) is 0 Å². The molecule has 0 aliphatic heterocycles. The Bertz CT molecular complexity index is 495. The van der Waals surface area contributed by atoms with Crippen LogP contribution >= 0.6 is 0 Å². The van der Waals surface area contributed by atoms with E-state index >= 15 is 0 Å². The van der Waals surface area contributed by atoms with Crippen molar-refractivity contribution in [1.82, 2.24) is 4.98 Å². The summed E-state index contributed by atoms with van der Waals surface area (Å²) in [7, 11) is 0. The fourth-order valence-electron chi connectivity index (χ4n) is 1.44. The summed E-state index contributed by atoms with van der Waals surface area (Å²) in [4.78, 5) is 4.07. The quantitative estimate of drug-likeness (QED) is 0.605. The van der Waals surface area contributed by atoms with Crippen molar-refractivity contribution in [1.29, 1.82) is 5.26 Å². The minimum Gasteiger partial charge on any atom is -0.264 e. The number of benzene rings is 1. The minimum atomic E-state index is 0.689. The van der Waals surface area contributed by atoms with E-state index in [1.165, 1.54) is 0 Å². The lowest BCUT2D eigenvalue weighted by atomic mass is 10.0. The van der Waals surface area contributed by atoms with Gasteiger partial charge in [-0.15, -0.1) is 0 Å². The molecule has 0 unspecified atom stereocenters. The molecule has 1 aromatic heterocycles. The summed E-state index contributed by atoms with van der Waals surface area (Å²) in [6.07, 6.45) is 3.55. The first-order valence-electron chi connectivity index (χ1n) is 4.06. The van der Waals surface area contributed by atoms with Gasteiger partial charge in [-0.3, -0.25) is 4.98 Å². The van der Waals surface area contributed by atoms with E-state index in [2.05, 4.69) is 11.1 Å². The molecule has 0 aliphatic rings. The highest BCUT2D eigenvalue weighted by Gasteiger charge is 2.00. The van der Waals surface area contributed by atoms with E-state index in [0.29, 0.717) is 5.56 Å². The normalized spacial score (nSPS) is 9.85. The second-order valence-electron chi connectivity index (χ2n) is 2.97. The summed E-state index contributed by atoms with van der Waals surface area (Å²) < 4.78 is 0. The van der Waals surface area contributed by atoms with Crippen molar-refractivity contribution >= 4 is 10.8 Å². The Labute approximate surface area is 76.5 Å². The van der Waals surface area contributed by atoms with Crippen LogP contribution in [0.25, 0.3) is 10.8 Å². The molecule has 2 aromatic rings. The second kappa shape index (κ2) is 2.87. The number of pyridine rings is 1. The molecule has 0 radical (unpaired) electrons. The van der Waals surface area contributed by atoms with Crippen molar-refractivity contribution in [3.8, 4) is 6.07 Å². The summed E-state index contributed by atoms with van der Waals surface area (Å²) in [5.74, 6) is 0. The van der Waals surface area contributed by atoms with Gasteiger partial charge in [-0.05, 0) is 23.9 Å². The molecule has 0 fully saturated rings. The number of nitrogens with zero attached hydrogens (tertiary/aromatic N) is 2. The summed E-state index contributed by atoms with van der Waals surface area (Å²) in [5, 5.41) is 10.9. The second-order valence-corrected chi connectivity index (χ2v) is 2.97. The monoisotopic (exact) mass is 168 g/mol. The van der Waals surface area contributed by atoms with Crippen LogP contribution in [0.1, 0.15) is 11.1 Å². The molecule has 62 valence electrons. The number of aromatic nitrogens is 1. The highest BCUT2D eigenvalue weighted by molar-refractivity contribution is 5.89. The number of hydrogen-bond donors (Lipinski definition) is 0. The lowest BCUT2D eigenvalue weighted by Crippen LogP contribution is -1.84. The molecule has 13 heavy (non-hydrogen) atoms. The SMILES string of the molecule is Cc1cncc2c(C#N)cccc12. The van der Waals surface area contributed by atoms with Crippen LogP contribution in [0.5, 0.6) is 0 Å². The predicted octanol–water partition coefficient (Wildman–Crippen LogP) is 2.41. The van der Waals surface area contributed by atoms with Crippen LogP contribution < -0.4 is 0 Å². The molecule has 0 bridgehead atoms. The van der Waals surface area contributed by atoms with E-state index in [1.54, 1.807) is 6.20 Å². The first-order valence-corrected chi connectivity index (χ1v) is 4.06. The maximum Gasteiger partial charge on any atom is 0.0998 e. The summed E-state index contributed by atoms with van der Waals surface area (Å²) in [6.45, 7) is 2.00. The summed E-state index contributed by atoms with van der Waals surface area (Å²) >= 11 is 0. The first kappa shape index (κ1) is 7.75. The Hall–Kier alpha value is -1.88. The number of rotatable bonds is 0. The lowest BCUT2D eigenvalue weighted by Gasteiger charge is -2.01. The van der Waals surface area contributed by atoms with E-state index in [-0.39, 0.29) is 0 Å². The van der Waals surface area contributed by atoms with Crippen LogP contribution in [0, 0.1) is 18.3 Å². The van der Waals surface area contributed by atoms with Crippen LogP contribution in [-0.2, 0) is 0 Å². The highest BCUT2D eigenvalue weighted by atomic mass is 14.6. The molecule has 1 aromatic carbocycles. The molecule has 2 rings (SSSR count). The van der Waals surface area contributed by atoms with Gasteiger partial charge in [-0.1, -0.05) is 12.1 Å². The van der Waals surface area contributed by atoms with Gasteiger partial charge in [0.05, 0.1) is 11.6 Å². The lowest BCUT2D eigenvalue weighted by molar-refractivity contribution is 1.30. The molecule has 2 heteroatoms. The molecule has 0 saturated heterocycles. The third-order valence-electron chi connectivity index (χ3n) is 2.12. The Morgan fingerprint density at radius 2 is 2.08 bits per heavy atom. The highest BCUT2D eigenvalue weighted by Crippen LogP contribution is 2.19. The van der Waals surface area contributed by atoms with Crippen molar-refractivity contribution in [3.05, 3.63) is 41.7 Å². The summed E-state index contributed by atoms with van der Waals surface area (Å²) in [5.41, 5.74) is 1.79. The van der Waals surface area contributed by atoms with Gasteiger partial charge >= 0.3 is 0 Å². The Morgan fingerprint density at radius 3 is 2.85 bits per heavy atom. The third kappa shape index (κ3) is 1.15. The van der Waals surface area contributed by atoms with Crippen molar-refractivity contribution in [2.24, 2.45) is 0 Å². The molecular weight excluding hydrogens is 160 g/mol. The first-order chi connectivity index (χ1) is 6.33. The fourth-order valence-corrected chi connectivity index (χ4v) is 1.44. The third-order valence-corrected chi connectivity index (χ3v) is 2.12. The number of aryl methyl sites for hydroxylation is 1. The van der Waals surface area contributed by atoms with E-state index in [0.717, 1.165) is 16.3 Å². The van der Waals surface area contributed by atoms with E-state index in [1.807, 2.05) is 31.3 Å². The van der Waals surface area contributed by atoms with Crippen LogP contribution in [0.4, 0.5) is 0 Å². The largest absolute Gasteiger partial charge is 0.264 e. The number of fused-ring (bicyclic) bond motifs is 1.